The topological polar surface area (TPSA) is 58.4 Å². The monoisotopic (exact) mass is 325 g/mol. The molecule has 1 atom stereocenters. The van der Waals surface area contributed by atoms with Gasteiger partial charge in [0, 0.05) is 37.0 Å². The van der Waals surface area contributed by atoms with Crippen LogP contribution in [0.1, 0.15) is 31.2 Å². The summed E-state index contributed by atoms with van der Waals surface area (Å²) < 4.78 is 1.80. The first kappa shape index (κ1) is 16.5. The second kappa shape index (κ2) is 7.93. The maximum Gasteiger partial charge on any atom is 0.246 e. The minimum absolute atomic E-state index is 0.0444. The lowest BCUT2D eigenvalue weighted by Crippen LogP contribution is -2.34. The molecule has 1 fully saturated rings. The zero-order chi connectivity index (χ0) is 16.8. The molecular weight excluding hydrogens is 302 g/mol. The Labute approximate surface area is 142 Å². The van der Waals surface area contributed by atoms with E-state index in [0.29, 0.717) is 0 Å². The molecule has 0 radical (unpaired) electrons. The summed E-state index contributed by atoms with van der Waals surface area (Å²) in [5.41, 5.74) is 1.89. The molecule has 3 rings (SSSR count). The Morgan fingerprint density at radius 3 is 2.96 bits per heavy atom. The molecule has 0 saturated carbocycles. The van der Waals surface area contributed by atoms with Gasteiger partial charge in [-0.1, -0.05) is 18.2 Å². The minimum Gasteiger partial charge on any atom is -0.396 e. The fourth-order valence-corrected chi connectivity index (χ4v) is 3.16. The molecule has 1 aliphatic rings. The predicted molar refractivity (Wildman–Crippen MR) is 93.7 cm³/mol. The largest absolute Gasteiger partial charge is 0.396 e. The van der Waals surface area contributed by atoms with Crippen molar-refractivity contribution < 1.29 is 9.90 Å². The highest BCUT2D eigenvalue weighted by Gasteiger charge is 2.26. The molecule has 2 aromatic rings. The van der Waals surface area contributed by atoms with Gasteiger partial charge < -0.3 is 10.0 Å². The maximum absolute atomic E-state index is 12.4. The summed E-state index contributed by atoms with van der Waals surface area (Å²) >= 11 is 0. The summed E-state index contributed by atoms with van der Waals surface area (Å²) in [7, 11) is 0. The van der Waals surface area contributed by atoms with Crippen molar-refractivity contribution in [3.8, 4) is 5.69 Å². The second-order valence-electron chi connectivity index (χ2n) is 6.08. The fourth-order valence-electron chi connectivity index (χ4n) is 3.16. The number of nitrogens with zero attached hydrogens (tertiary/aromatic N) is 3. The highest BCUT2D eigenvalue weighted by atomic mass is 16.3. The second-order valence-corrected chi connectivity index (χ2v) is 6.08. The lowest BCUT2D eigenvalue weighted by Gasteiger charge is -2.23. The minimum atomic E-state index is 0.0444. The summed E-state index contributed by atoms with van der Waals surface area (Å²) in [4.78, 5) is 14.3. The quantitative estimate of drug-likeness (QED) is 0.831. The zero-order valence-electron chi connectivity index (χ0n) is 13.7. The average molecular weight is 325 g/mol. The van der Waals surface area contributed by atoms with Gasteiger partial charge in [0.15, 0.2) is 0 Å². The van der Waals surface area contributed by atoms with E-state index in [0.717, 1.165) is 43.5 Å². The fraction of sp³-hybridized carbons (Fsp3) is 0.368. The van der Waals surface area contributed by atoms with Crippen molar-refractivity contribution in [3.63, 3.8) is 0 Å². The van der Waals surface area contributed by atoms with Crippen LogP contribution in [0.4, 0.5) is 0 Å². The molecule has 0 aliphatic carbocycles. The van der Waals surface area contributed by atoms with E-state index in [2.05, 4.69) is 5.10 Å². The smallest absolute Gasteiger partial charge is 0.246 e. The molecule has 1 N–H and O–H groups in total. The van der Waals surface area contributed by atoms with E-state index in [9.17, 15) is 4.79 Å². The zero-order valence-corrected chi connectivity index (χ0v) is 13.7. The van der Waals surface area contributed by atoms with Gasteiger partial charge in [-0.2, -0.15) is 5.10 Å². The molecule has 0 spiro atoms. The number of benzene rings is 1. The van der Waals surface area contributed by atoms with Gasteiger partial charge in [0.25, 0.3) is 0 Å². The van der Waals surface area contributed by atoms with E-state index in [1.807, 2.05) is 47.5 Å². The number of carbonyl (C=O) groups is 1. The molecule has 0 bridgehead atoms. The number of aliphatic hydroxyl groups excluding tert-OH is 1. The summed E-state index contributed by atoms with van der Waals surface area (Å²) in [6, 6.07) is 10.1. The van der Waals surface area contributed by atoms with Crippen LogP contribution in [0.25, 0.3) is 11.8 Å². The Kier molecular flexibility index (Phi) is 5.43. The number of hydrogen-bond donors (Lipinski definition) is 1. The molecule has 126 valence electrons. The van der Waals surface area contributed by atoms with Crippen molar-refractivity contribution in [2.45, 2.75) is 31.7 Å². The van der Waals surface area contributed by atoms with E-state index < -0.39 is 0 Å². The van der Waals surface area contributed by atoms with Gasteiger partial charge >= 0.3 is 0 Å². The van der Waals surface area contributed by atoms with Crippen LogP contribution >= 0.6 is 0 Å². The van der Waals surface area contributed by atoms with Crippen molar-refractivity contribution in [2.24, 2.45) is 0 Å². The molecule has 1 aliphatic heterocycles. The number of aromatic nitrogens is 2. The third-order valence-electron chi connectivity index (χ3n) is 4.40. The van der Waals surface area contributed by atoms with Crippen LogP contribution in [-0.4, -0.2) is 44.9 Å². The third-order valence-corrected chi connectivity index (χ3v) is 4.40. The first-order valence-corrected chi connectivity index (χ1v) is 8.47. The SMILES string of the molecule is O=C(/C=C/c1cnn(-c2ccccc2)c1)N1CCCC1CCCO. The number of likely N-dealkylation sites (tertiary alicyclic amines) is 1. The molecule has 1 amide bonds. The molecule has 5 heteroatoms. The van der Waals surface area contributed by atoms with Crippen LogP contribution in [-0.2, 0) is 4.79 Å². The van der Waals surface area contributed by atoms with Crippen LogP contribution in [0.5, 0.6) is 0 Å². The van der Waals surface area contributed by atoms with Gasteiger partial charge in [-0.05, 0) is 43.9 Å². The summed E-state index contributed by atoms with van der Waals surface area (Å²) in [5.74, 6) is 0.0444. The Hall–Kier alpha value is -2.40. The van der Waals surface area contributed by atoms with Gasteiger partial charge in [-0.3, -0.25) is 4.79 Å². The van der Waals surface area contributed by atoms with Crippen molar-refractivity contribution in [1.82, 2.24) is 14.7 Å². The third kappa shape index (κ3) is 3.92. The molecule has 1 aromatic carbocycles. The maximum atomic E-state index is 12.4. The van der Waals surface area contributed by atoms with Crippen molar-refractivity contribution in [1.29, 1.82) is 0 Å². The van der Waals surface area contributed by atoms with Crippen LogP contribution < -0.4 is 0 Å². The first-order valence-electron chi connectivity index (χ1n) is 8.47. The molecule has 1 saturated heterocycles. The first-order chi connectivity index (χ1) is 11.8. The molecular formula is C19H23N3O2. The van der Waals surface area contributed by atoms with Gasteiger partial charge in [0.2, 0.25) is 5.91 Å². The number of hydrogen-bond acceptors (Lipinski definition) is 3. The number of aliphatic hydroxyl groups is 1. The van der Waals surface area contributed by atoms with Gasteiger partial charge in [-0.25, -0.2) is 4.68 Å². The van der Waals surface area contributed by atoms with Crippen molar-refractivity contribution in [2.75, 3.05) is 13.2 Å². The Bertz CT molecular complexity index is 694. The Balaban J connectivity index is 1.63. The van der Waals surface area contributed by atoms with Gasteiger partial charge in [0.1, 0.15) is 0 Å². The number of para-hydroxylation sites is 1. The molecule has 1 unspecified atom stereocenters. The Morgan fingerprint density at radius 2 is 2.17 bits per heavy atom. The van der Waals surface area contributed by atoms with E-state index in [1.54, 1.807) is 17.0 Å². The van der Waals surface area contributed by atoms with Crippen LogP contribution in [0.2, 0.25) is 0 Å². The molecule has 2 heterocycles. The standard InChI is InChI=1S/C19H23N3O2/c23-13-5-9-17-8-4-12-21(17)19(24)11-10-16-14-20-22(15-16)18-6-2-1-3-7-18/h1-3,6-7,10-11,14-15,17,23H,4-5,8-9,12-13H2/b11-10+. The lowest BCUT2D eigenvalue weighted by molar-refractivity contribution is -0.126. The van der Waals surface area contributed by atoms with E-state index in [4.69, 9.17) is 5.11 Å². The van der Waals surface area contributed by atoms with Crippen molar-refractivity contribution in [3.05, 3.63) is 54.4 Å². The van der Waals surface area contributed by atoms with E-state index in [-0.39, 0.29) is 18.6 Å². The summed E-state index contributed by atoms with van der Waals surface area (Å²) in [6.45, 7) is 0.996. The van der Waals surface area contributed by atoms with Crippen LogP contribution in [0.3, 0.4) is 0 Å². The number of rotatable bonds is 6. The van der Waals surface area contributed by atoms with Crippen molar-refractivity contribution >= 4 is 12.0 Å². The Morgan fingerprint density at radius 1 is 1.33 bits per heavy atom. The average Bonchev–Trinajstić information content (AvgIpc) is 3.28. The van der Waals surface area contributed by atoms with Crippen LogP contribution in [0, 0.1) is 0 Å². The normalized spacial score (nSPS) is 17.7. The lowest BCUT2D eigenvalue weighted by atomic mass is 10.1. The summed E-state index contributed by atoms with van der Waals surface area (Å²) in [6.07, 6.45) is 10.8. The highest BCUT2D eigenvalue weighted by molar-refractivity contribution is 5.92. The van der Waals surface area contributed by atoms with E-state index in [1.165, 1.54) is 0 Å². The molecule has 5 nitrogen and oxygen atoms in total. The number of carbonyl (C=O) groups excluding carboxylic acids is 1. The summed E-state index contributed by atoms with van der Waals surface area (Å²) in [5, 5.41) is 13.3. The van der Waals surface area contributed by atoms with Gasteiger partial charge in [-0.15, -0.1) is 0 Å². The highest BCUT2D eigenvalue weighted by Crippen LogP contribution is 2.21. The predicted octanol–water partition coefficient (Wildman–Crippen LogP) is 2.65. The molecule has 1 aromatic heterocycles. The number of amides is 1. The van der Waals surface area contributed by atoms with Crippen LogP contribution in [0.15, 0.2) is 48.8 Å². The van der Waals surface area contributed by atoms with E-state index >= 15 is 0 Å². The molecule has 24 heavy (non-hydrogen) atoms. The van der Waals surface area contributed by atoms with Gasteiger partial charge in [0.05, 0.1) is 11.9 Å².